The number of amides is 1. The maximum absolute atomic E-state index is 12.7. The summed E-state index contributed by atoms with van der Waals surface area (Å²) in [5.41, 5.74) is 2.25. The second-order valence-electron chi connectivity index (χ2n) is 6.06. The summed E-state index contributed by atoms with van der Waals surface area (Å²) in [6.07, 6.45) is 5.32. The van der Waals surface area contributed by atoms with Crippen LogP contribution in [0.3, 0.4) is 0 Å². The number of hydrogen-bond donors (Lipinski definition) is 2. The average molecular weight is 328 g/mol. The zero-order valence-corrected chi connectivity index (χ0v) is 13.8. The largest absolute Gasteiger partial charge is 0.361 e. The van der Waals surface area contributed by atoms with Gasteiger partial charge in [-0.3, -0.25) is 9.78 Å². The van der Waals surface area contributed by atoms with Crippen molar-refractivity contribution >= 4 is 28.4 Å². The summed E-state index contributed by atoms with van der Waals surface area (Å²) in [6.45, 7) is 4.31. The SMILES string of the molecule is CC(C)(C(=O)NCc1ccncc1)c1c[nH]c2ccc(Cl)cc12. The fourth-order valence-corrected chi connectivity index (χ4v) is 2.81. The van der Waals surface area contributed by atoms with E-state index in [-0.39, 0.29) is 5.91 Å². The molecule has 0 spiro atoms. The molecule has 2 aromatic heterocycles. The van der Waals surface area contributed by atoms with Gasteiger partial charge in [0.15, 0.2) is 0 Å². The summed E-state index contributed by atoms with van der Waals surface area (Å²) in [6, 6.07) is 9.42. The Morgan fingerprint density at radius 2 is 2.00 bits per heavy atom. The number of nitrogens with zero attached hydrogens (tertiary/aromatic N) is 1. The third kappa shape index (κ3) is 3.08. The molecular formula is C18H18ClN3O. The van der Waals surface area contributed by atoms with Crippen molar-refractivity contribution < 1.29 is 4.79 Å². The molecule has 3 rings (SSSR count). The fourth-order valence-electron chi connectivity index (χ4n) is 2.64. The zero-order valence-electron chi connectivity index (χ0n) is 13.1. The first kappa shape index (κ1) is 15.6. The Morgan fingerprint density at radius 1 is 1.26 bits per heavy atom. The minimum absolute atomic E-state index is 0.0322. The van der Waals surface area contributed by atoms with Crippen LogP contribution in [-0.4, -0.2) is 15.9 Å². The number of aromatic amines is 1. The van der Waals surface area contributed by atoms with E-state index < -0.39 is 5.41 Å². The van der Waals surface area contributed by atoms with Crippen LogP contribution in [0.5, 0.6) is 0 Å². The van der Waals surface area contributed by atoms with E-state index in [0.717, 1.165) is 22.0 Å². The molecule has 1 aromatic carbocycles. The van der Waals surface area contributed by atoms with Gasteiger partial charge in [0.2, 0.25) is 5.91 Å². The Morgan fingerprint density at radius 3 is 2.74 bits per heavy atom. The predicted octanol–water partition coefficient (Wildman–Crippen LogP) is 3.81. The van der Waals surface area contributed by atoms with Crippen molar-refractivity contribution in [3.63, 3.8) is 0 Å². The van der Waals surface area contributed by atoms with Crippen molar-refractivity contribution in [2.75, 3.05) is 0 Å². The summed E-state index contributed by atoms with van der Waals surface area (Å²) in [5, 5.41) is 4.63. The molecule has 23 heavy (non-hydrogen) atoms. The molecule has 118 valence electrons. The summed E-state index contributed by atoms with van der Waals surface area (Å²) < 4.78 is 0. The number of pyridine rings is 1. The number of rotatable bonds is 4. The monoisotopic (exact) mass is 327 g/mol. The molecule has 0 aliphatic heterocycles. The zero-order chi connectivity index (χ0) is 16.4. The first-order valence-corrected chi connectivity index (χ1v) is 7.80. The molecule has 5 heteroatoms. The summed E-state index contributed by atoms with van der Waals surface area (Å²) in [7, 11) is 0. The molecule has 0 saturated heterocycles. The molecule has 0 saturated carbocycles. The van der Waals surface area contributed by atoms with Crippen LogP contribution >= 0.6 is 11.6 Å². The van der Waals surface area contributed by atoms with Crippen LogP contribution in [0.4, 0.5) is 0 Å². The first-order valence-electron chi connectivity index (χ1n) is 7.43. The molecular weight excluding hydrogens is 310 g/mol. The number of carbonyl (C=O) groups excluding carboxylic acids is 1. The molecule has 0 atom stereocenters. The molecule has 0 fully saturated rings. The highest BCUT2D eigenvalue weighted by Crippen LogP contribution is 2.32. The number of nitrogens with one attached hydrogen (secondary N) is 2. The lowest BCUT2D eigenvalue weighted by Crippen LogP contribution is -2.39. The normalized spacial score (nSPS) is 11.6. The van der Waals surface area contributed by atoms with E-state index in [1.807, 2.05) is 50.4 Å². The van der Waals surface area contributed by atoms with Crippen LogP contribution in [0.2, 0.25) is 5.02 Å². The number of aromatic nitrogens is 2. The van der Waals surface area contributed by atoms with Gasteiger partial charge in [-0.15, -0.1) is 0 Å². The van der Waals surface area contributed by atoms with Gasteiger partial charge in [0.25, 0.3) is 0 Å². The molecule has 3 aromatic rings. The lowest BCUT2D eigenvalue weighted by molar-refractivity contribution is -0.125. The molecule has 0 unspecified atom stereocenters. The van der Waals surface area contributed by atoms with Crippen molar-refractivity contribution in [3.05, 3.63) is 65.1 Å². The predicted molar refractivity (Wildman–Crippen MR) is 92.4 cm³/mol. The molecule has 0 radical (unpaired) electrons. The van der Waals surface area contributed by atoms with Gasteiger partial charge in [-0.1, -0.05) is 11.6 Å². The average Bonchev–Trinajstić information content (AvgIpc) is 2.97. The van der Waals surface area contributed by atoms with Gasteiger partial charge in [0.1, 0.15) is 0 Å². The van der Waals surface area contributed by atoms with Crippen LogP contribution in [0.1, 0.15) is 25.0 Å². The number of carbonyl (C=O) groups is 1. The number of hydrogen-bond acceptors (Lipinski definition) is 2. The minimum atomic E-state index is -0.671. The van der Waals surface area contributed by atoms with Crippen molar-refractivity contribution in [2.45, 2.75) is 25.8 Å². The highest BCUT2D eigenvalue weighted by Gasteiger charge is 2.32. The van der Waals surface area contributed by atoms with Crippen molar-refractivity contribution in [1.29, 1.82) is 0 Å². The first-order chi connectivity index (χ1) is 11.0. The highest BCUT2D eigenvalue weighted by atomic mass is 35.5. The van der Waals surface area contributed by atoms with E-state index in [4.69, 9.17) is 11.6 Å². The molecule has 2 N–H and O–H groups in total. The fraction of sp³-hybridized carbons (Fsp3) is 0.222. The van der Waals surface area contributed by atoms with Crippen LogP contribution in [-0.2, 0) is 16.8 Å². The van der Waals surface area contributed by atoms with Crippen molar-refractivity contribution in [2.24, 2.45) is 0 Å². The van der Waals surface area contributed by atoms with E-state index in [1.54, 1.807) is 12.4 Å². The van der Waals surface area contributed by atoms with Gasteiger partial charge < -0.3 is 10.3 Å². The lowest BCUT2D eigenvalue weighted by atomic mass is 9.83. The lowest BCUT2D eigenvalue weighted by Gasteiger charge is -2.23. The van der Waals surface area contributed by atoms with E-state index >= 15 is 0 Å². The number of fused-ring (bicyclic) bond motifs is 1. The number of H-pyrrole nitrogens is 1. The Kier molecular flexibility index (Phi) is 4.09. The Hall–Kier alpha value is -2.33. The van der Waals surface area contributed by atoms with E-state index in [1.165, 1.54) is 0 Å². The molecule has 1 amide bonds. The number of halogens is 1. The van der Waals surface area contributed by atoms with Gasteiger partial charge in [0, 0.05) is 41.1 Å². The van der Waals surface area contributed by atoms with Gasteiger partial charge >= 0.3 is 0 Å². The molecule has 0 aliphatic rings. The van der Waals surface area contributed by atoms with Gasteiger partial charge in [-0.05, 0) is 55.3 Å². The molecule has 4 nitrogen and oxygen atoms in total. The van der Waals surface area contributed by atoms with Crippen molar-refractivity contribution in [1.82, 2.24) is 15.3 Å². The maximum atomic E-state index is 12.7. The highest BCUT2D eigenvalue weighted by molar-refractivity contribution is 6.31. The second-order valence-corrected chi connectivity index (χ2v) is 6.49. The van der Waals surface area contributed by atoms with Crippen molar-refractivity contribution in [3.8, 4) is 0 Å². The summed E-state index contributed by atoms with van der Waals surface area (Å²) in [5.74, 6) is -0.0322. The topological polar surface area (TPSA) is 57.8 Å². The van der Waals surface area contributed by atoms with Crippen LogP contribution in [0.15, 0.2) is 48.9 Å². The van der Waals surface area contributed by atoms with Gasteiger partial charge in [-0.2, -0.15) is 0 Å². The summed E-state index contributed by atoms with van der Waals surface area (Å²) in [4.78, 5) is 19.9. The third-order valence-corrected chi connectivity index (χ3v) is 4.32. The maximum Gasteiger partial charge on any atom is 0.230 e. The molecule has 0 bridgehead atoms. The van der Waals surface area contributed by atoms with Crippen LogP contribution < -0.4 is 5.32 Å². The van der Waals surface area contributed by atoms with Gasteiger partial charge in [0.05, 0.1) is 5.41 Å². The smallest absolute Gasteiger partial charge is 0.230 e. The standard InChI is InChI=1S/C18H18ClN3O/c1-18(2,17(23)22-10-12-5-7-20-8-6-12)15-11-21-16-4-3-13(19)9-14(15)16/h3-9,11,21H,10H2,1-2H3,(H,22,23). The second kappa shape index (κ2) is 6.05. The quantitative estimate of drug-likeness (QED) is 0.765. The van der Waals surface area contributed by atoms with Crippen LogP contribution in [0.25, 0.3) is 10.9 Å². The Balaban J connectivity index is 1.84. The van der Waals surface area contributed by atoms with Crippen LogP contribution in [0, 0.1) is 0 Å². The van der Waals surface area contributed by atoms with E-state index in [9.17, 15) is 4.79 Å². The Bertz CT molecular complexity index is 840. The summed E-state index contributed by atoms with van der Waals surface area (Å²) >= 11 is 6.10. The van der Waals surface area contributed by atoms with E-state index in [2.05, 4.69) is 15.3 Å². The Labute approximate surface area is 139 Å². The minimum Gasteiger partial charge on any atom is -0.361 e. The third-order valence-electron chi connectivity index (χ3n) is 4.09. The van der Waals surface area contributed by atoms with Gasteiger partial charge in [-0.25, -0.2) is 0 Å². The molecule has 0 aliphatic carbocycles. The molecule has 2 heterocycles. The van der Waals surface area contributed by atoms with E-state index in [0.29, 0.717) is 11.6 Å². The number of benzene rings is 1.